The van der Waals surface area contributed by atoms with Gasteiger partial charge in [-0.1, -0.05) is 20.8 Å². The second-order valence-corrected chi connectivity index (χ2v) is 4.70. The lowest BCUT2D eigenvalue weighted by Gasteiger charge is -2.26. The molecule has 0 aliphatic carbocycles. The molecular weight excluding hydrogens is 158 g/mol. The van der Waals surface area contributed by atoms with Crippen molar-refractivity contribution in [1.29, 1.82) is 0 Å². The first kappa shape index (κ1) is 11.0. The molecule has 0 fully saturated rings. The first-order chi connectivity index (χ1) is 4.76. The van der Waals surface area contributed by atoms with E-state index in [1.54, 1.807) is 6.92 Å². The molecule has 0 rings (SSSR count). The van der Waals surface area contributed by atoms with Crippen LogP contribution in [0.25, 0.3) is 0 Å². The lowest BCUT2D eigenvalue weighted by atomic mass is 9.84. The summed E-state index contributed by atoms with van der Waals surface area (Å²) in [6, 6.07) is -0.407. The Bertz CT molecular complexity index is 149. The van der Waals surface area contributed by atoms with Gasteiger partial charge in [0, 0.05) is 0 Å². The zero-order valence-corrected chi connectivity index (χ0v) is 8.48. The van der Waals surface area contributed by atoms with Gasteiger partial charge in [0.05, 0.1) is 11.3 Å². The lowest BCUT2D eigenvalue weighted by molar-refractivity contribution is -0.121. The van der Waals surface area contributed by atoms with Crippen molar-refractivity contribution >= 4 is 18.4 Å². The Labute approximate surface area is 74.0 Å². The van der Waals surface area contributed by atoms with Crippen molar-refractivity contribution in [3.05, 3.63) is 0 Å². The predicted molar refractivity (Wildman–Crippen MR) is 50.9 cm³/mol. The fourth-order valence-electron chi connectivity index (χ4n) is 0.687. The Morgan fingerprint density at radius 3 is 1.91 bits per heavy atom. The first-order valence-electron chi connectivity index (χ1n) is 3.74. The maximum atomic E-state index is 11.3. The van der Waals surface area contributed by atoms with E-state index in [-0.39, 0.29) is 16.4 Å². The maximum Gasteiger partial charge on any atom is 0.162 e. The number of rotatable bonds is 2. The van der Waals surface area contributed by atoms with Crippen LogP contribution < -0.4 is 5.73 Å². The molecule has 2 atom stereocenters. The van der Waals surface area contributed by atoms with Crippen molar-refractivity contribution in [3.8, 4) is 0 Å². The smallest absolute Gasteiger partial charge is 0.162 e. The van der Waals surface area contributed by atoms with E-state index in [9.17, 15) is 4.79 Å². The average molecular weight is 175 g/mol. The van der Waals surface area contributed by atoms with Gasteiger partial charge in [0.15, 0.2) is 5.78 Å². The quantitative estimate of drug-likeness (QED) is 0.620. The zero-order chi connectivity index (χ0) is 9.23. The molecule has 0 radical (unpaired) electrons. The molecule has 2 nitrogen and oxygen atoms in total. The van der Waals surface area contributed by atoms with Crippen molar-refractivity contribution in [2.75, 3.05) is 0 Å². The number of hydrogen-bond acceptors (Lipinski definition) is 3. The van der Waals surface area contributed by atoms with E-state index in [1.807, 2.05) is 20.8 Å². The molecule has 0 heterocycles. The number of ketones is 1. The van der Waals surface area contributed by atoms with Crippen molar-refractivity contribution < 1.29 is 4.79 Å². The SMILES string of the molecule is CC(S)C(=O)C(N)C(C)(C)C. The fourth-order valence-corrected chi connectivity index (χ4v) is 0.847. The summed E-state index contributed by atoms with van der Waals surface area (Å²) in [5, 5.41) is -0.260. The van der Waals surface area contributed by atoms with E-state index in [4.69, 9.17) is 5.73 Å². The van der Waals surface area contributed by atoms with Crippen LogP contribution in [0.4, 0.5) is 0 Å². The summed E-state index contributed by atoms with van der Waals surface area (Å²) in [5.74, 6) is 0.0147. The van der Waals surface area contributed by atoms with Crippen LogP contribution >= 0.6 is 12.6 Å². The third-order valence-corrected chi connectivity index (χ3v) is 1.91. The van der Waals surface area contributed by atoms with E-state index in [0.717, 1.165) is 0 Å². The molecule has 0 aliphatic rings. The van der Waals surface area contributed by atoms with Gasteiger partial charge in [0.25, 0.3) is 0 Å². The van der Waals surface area contributed by atoms with Crippen LogP contribution in [-0.2, 0) is 4.79 Å². The van der Waals surface area contributed by atoms with E-state index < -0.39 is 6.04 Å². The van der Waals surface area contributed by atoms with E-state index in [2.05, 4.69) is 12.6 Å². The average Bonchev–Trinajstić information content (AvgIpc) is 1.82. The molecule has 2 N–H and O–H groups in total. The predicted octanol–water partition coefficient (Wildman–Crippen LogP) is 1.25. The number of nitrogens with two attached hydrogens (primary N) is 1. The molecule has 0 aromatic heterocycles. The van der Waals surface area contributed by atoms with Crippen molar-refractivity contribution in [3.63, 3.8) is 0 Å². The molecule has 11 heavy (non-hydrogen) atoms. The summed E-state index contributed by atoms with van der Waals surface area (Å²) in [6.07, 6.45) is 0. The van der Waals surface area contributed by atoms with Gasteiger partial charge in [-0.05, 0) is 12.3 Å². The molecule has 0 bridgehead atoms. The molecule has 0 saturated carbocycles. The highest BCUT2D eigenvalue weighted by atomic mass is 32.1. The van der Waals surface area contributed by atoms with Gasteiger partial charge in [0.2, 0.25) is 0 Å². The summed E-state index contributed by atoms with van der Waals surface area (Å²) in [7, 11) is 0. The van der Waals surface area contributed by atoms with Crippen LogP contribution in [0.15, 0.2) is 0 Å². The Kier molecular flexibility index (Phi) is 3.58. The largest absolute Gasteiger partial charge is 0.321 e. The summed E-state index contributed by atoms with van der Waals surface area (Å²) in [6.45, 7) is 7.60. The normalized spacial score (nSPS) is 17.6. The maximum absolute atomic E-state index is 11.3. The fraction of sp³-hybridized carbons (Fsp3) is 0.875. The molecule has 0 spiro atoms. The van der Waals surface area contributed by atoms with Crippen LogP contribution in [-0.4, -0.2) is 17.1 Å². The molecular formula is C8H17NOS. The summed E-state index contributed by atoms with van der Waals surface area (Å²) >= 11 is 4.03. The second-order valence-electron chi connectivity index (χ2n) is 3.92. The minimum atomic E-state index is -0.407. The van der Waals surface area contributed by atoms with Crippen LogP contribution in [0.2, 0.25) is 0 Å². The third kappa shape index (κ3) is 3.25. The van der Waals surface area contributed by atoms with Gasteiger partial charge >= 0.3 is 0 Å². The Morgan fingerprint density at radius 2 is 1.82 bits per heavy atom. The minimum Gasteiger partial charge on any atom is -0.321 e. The molecule has 0 aliphatic heterocycles. The highest BCUT2D eigenvalue weighted by Crippen LogP contribution is 2.19. The molecule has 3 heteroatoms. The number of carbonyl (C=O) groups is 1. The van der Waals surface area contributed by atoms with Gasteiger partial charge < -0.3 is 5.73 Å². The third-order valence-electron chi connectivity index (χ3n) is 1.65. The monoisotopic (exact) mass is 175 g/mol. The topological polar surface area (TPSA) is 43.1 Å². The van der Waals surface area contributed by atoms with Crippen LogP contribution in [0, 0.1) is 5.41 Å². The molecule has 0 aromatic rings. The van der Waals surface area contributed by atoms with E-state index >= 15 is 0 Å². The number of hydrogen-bond donors (Lipinski definition) is 2. The van der Waals surface area contributed by atoms with Crippen LogP contribution in [0.1, 0.15) is 27.7 Å². The molecule has 0 aromatic carbocycles. The van der Waals surface area contributed by atoms with Gasteiger partial charge in [-0.3, -0.25) is 4.79 Å². The highest BCUT2D eigenvalue weighted by Gasteiger charge is 2.28. The first-order valence-corrected chi connectivity index (χ1v) is 4.26. The molecule has 2 unspecified atom stereocenters. The minimum absolute atomic E-state index is 0.0147. The Morgan fingerprint density at radius 1 is 1.45 bits per heavy atom. The second kappa shape index (κ2) is 3.59. The highest BCUT2D eigenvalue weighted by molar-refractivity contribution is 7.81. The van der Waals surface area contributed by atoms with Gasteiger partial charge in [0.1, 0.15) is 0 Å². The van der Waals surface area contributed by atoms with E-state index in [0.29, 0.717) is 0 Å². The van der Waals surface area contributed by atoms with Gasteiger partial charge in [-0.25, -0.2) is 0 Å². The summed E-state index contributed by atoms with van der Waals surface area (Å²) < 4.78 is 0. The van der Waals surface area contributed by atoms with Crippen LogP contribution in [0.3, 0.4) is 0 Å². The van der Waals surface area contributed by atoms with E-state index in [1.165, 1.54) is 0 Å². The summed E-state index contributed by atoms with van der Waals surface area (Å²) in [4.78, 5) is 11.3. The van der Waals surface area contributed by atoms with Crippen LogP contribution in [0.5, 0.6) is 0 Å². The van der Waals surface area contributed by atoms with Crippen molar-refractivity contribution in [1.82, 2.24) is 0 Å². The zero-order valence-electron chi connectivity index (χ0n) is 7.59. The summed E-state index contributed by atoms with van der Waals surface area (Å²) in [5.41, 5.74) is 5.54. The number of thiol groups is 1. The Hall–Kier alpha value is -0.0200. The lowest BCUT2D eigenvalue weighted by Crippen LogP contribution is -2.45. The molecule has 0 saturated heterocycles. The Balaban J connectivity index is 4.26. The van der Waals surface area contributed by atoms with Crippen molar-refractivity contribution in [2.24, 2.45) is 11.1 Å². The molecule has 66 valence electrons. The number of carbonyl (C=O) groups excluding carboxylic acids is 1. The standard InChI is InChI=1S/C8H17NOS/c1-5(11)6(10)7(9)8(2,3)4/h5,7,11H,9H2,1-4H3. The molecule has 0 amide bonds. The van der Waals surface area contributed by atoms with Crippen molar-refractivity contribution in [2.45, 2.75) is 39.0 Å². The number of Topliss-reactive ketones (excluding diaryl/α,β-unsaturated/α-hetero) is 1. The van der Waals surface area contributed by atoms with Gasteiger partial charge in [-0.2, -0.15) is 12.6 Å². The van der Waals surface area contributed by atoms with Gasteiger partial charge in [-0.15, -0.1) is 0 Å².